The van der Waals surface area contributed by atoms with E-state index < -0.39 is 11.7 Å². The number of alkyl halides is 3. The number of ether oxygens (including phenoxy) is 1. The molecule has 4 rings (SSSR count). The van der Waals surface area contributed by atoms with E-state index in [1.807, 2.05) is 30.3 Å². The van der Waals surface area contributed by atoms with Crippen LogP contribution in [0.5, 0.6) is 0 Å². The molecule has 0 spiro atoms. The highest BCUT2D eigenvalue weighted by Crippen LogP contribution is 2.38. The SMILES string of the molecule is CN=C/C(=C\CC1CCOCC1)c1ccc(-c2cccc(C3=CCNC3)c2)cc1C(F)(F)F. The van der Waals surface area contributed by atoms with Crippen molar-refractivity contribution in [3.05, 3.63) is 71.3 Å². The number of halogens is 3. The first kappa shape index (κ1) is 23.5. The first-order chi connectivity index (χ1) is 16.0. The summed E-state index contributed by atoms with van der Waals surface area (Å²) in [4.78, 5) is 4.04. The zero-order valence-electron chi connectivity index (χ0n) is 18.8. The van der Waals surface area contributed by atoms with Crippen molar-refractivity contribution < 1.29 is 17.9 Å². The second kappa shape index (κ2) is 10.5. The molecule has 0 atom stereocenters. The van der Waals surface area contributed by atoms with E-state index in [9.17, 15) is 13.2 Å². The van der Waals surface area contributed by atoms with E-state index in [-0.39, 0.29) is 5.56 Å². The van der Waals surface area contributed by atoms with Crippen molar-refractivity contribution >= 4 is 17.4 Å². The fraction of sp³-hybridized carbons (Fsp3) is 0.370. The molecule has 33 heavy (non-hydrogen) atoms. The smallest absolute Gasteiger partial charge is 0.381 e. The lowest BCUT2D eigenvalue weighted by Gasteiger charge is -2.21. The van der Waals surface area contributed by atoms with E-state index in [4.69, 9.17) is 4.74 Å². The van der Waals surface area contributed by atoms with Crippen molar-refractivity contribution in [2.75, 3.05) is 33.4 Å². The highest BCUT2D eigenvalue weighted by Gasteiger charge is 2.34. The van der Waals surface area contributed by atoms with Crippen LogP contribution in [0.3, 0.4) is 0 Å². The van der Waals surface area contributed by atoms with Gasteiger partial charge in [-0.05, 0) is 70.7 Å². The number of hydrogen-bond donors (Lipinski definition) is 1. The van der Waals surface area contributed by atoms with Crippen LogP contribution in [0.4, 0.5) is 13.2 Å². The van der Waals surface area contributed by atoms with Gasteiger partial charge in [-0.2, -0.15) is 13.2 Å². The predicted octanol–water partition coefficient (Wildman–Crippen LogP) is 6.26. The van der Waals surface area contributed by atoms with Crippen molar-refractivity contribution in [2.45, 2.75) is 25.4 Å². The first-order valence-electron chi connectivity index (χ1n) is 11.4. The van der Waals surface area contributed by atoms with Gasteiger partial charge in [-0.3, -0.25) is 4.99 Å². The number of hydrogen-bond acceptors (Lipinski definition) is 3. The predicted molar refractivity (Wildman–Crippen MR) is 128 cm³/mol. The Balaban J connectivity index is 1.70. The summed E-state index contributed by atoms with van der Waals surface area (Å²) in [5, 5.41) is 3.26. The molecular formula is C27H29F3N2O. The molecule has 2 heterocycles. The number of rotatable bonds is 6. The molecule has 6 heteroatoms. The fourth-order valence-corrected chi connectivity index (χ4v) is 4.45. The first-order valence-corrected chi connectivity index (χ1v) is 11.4. The molecule has 1 fully saturated rings. The van der Waals surface area contributed by atoms with Crippen molar-refractivity contribution in [1.82, 2.24) is 5.32 Å². The van der Waals surface area contributed by atoms with E-state index >= 15 is 0 Å². The second-order valence-electron chi connectivity index (χ2n) is 8.54. The number of nitrogens with zero attached hydrogens (tertiary/aromatic N) is 1. The molecular weight excluding hydrogens is 425 g/mol. The largest absolute Gasteiger partial charge is 0.417 e. The molecule has 174 valence electrons. The number of benzene rings is 2. The Hall–Kier alpha value is -2.70. The van der Waals surface area contributed by atoms with Crippen LogP contribution in [0.15, 0.2) is 59.6 Å². The van der Waals surface area contributed by atoms with Gasteiger partial charge in [0.05, 0.1) is 5.56 Å². The molecule has 1 saturated heterocycles. The number of nitrogens with one attached hydrogen (secondary N) is 1. The lowest BCUT2D eigenvalue weighted by atomic mass is 9.91. The monoisotopic (exact) mass is 454 g/mol. The van der Waals surface area contributed by atoms with Crippen LogP contribution in [0, 0.1) is 5.92 Å². The highest BCUT2D eigenvalue weighted by molar-refractivity contribution is 6.10. The zero-order valence-corrected chi connectivity index (χ0v) is 18.8. The minimum Gasteiger partial charge on any atom is -0.381 e. The minimum absolute atomic E-state index is 0.169. The van der Waals surface area contributed by atoms with Gasteiger partial charge in [0.1, 0.15) is 0 Å². The summed E-state index contributed by atoms with van der Waals surface area (Å²) < 4.78 is 47.9. The number of allylic oxidation sites excluding steroid dienone is 2. The molecule has 0 aromatic heterocycles. The summed E-state index contributed by atoms with van der Waals surface area (Å²) >= 11 is 0. The van der Waals surface area contributed by atoms with Crippen LogP contribution < -0.4 is 5.32 Å². The molecule has 2 aromatic carbocycles. The molecule has 2 aliphatic heterocycles. The van der Waals surface area contributed by atoms with E-state index in [2.05, 4.69) is 16.4 Å². The van der Waals surface area contributed by atoms with Gasteiger partial charge in [0.25, 0.3) is 0 Å². The quantitative estimate of drug-likeness (QED) is 0.523. The van der Waals surface area contributed by atoms with Crippen molar-refractivity contribution in [1.29, 1.82) is 0 Å². The Bertz CT molecular complexity index is 1060. The van der Waals surface area contributed by atoms with Gasteiger partial charge in [0.15, 0.2) is 0 Å². The third-order valence-corrected chi connectivity index (χ3v) is 6.29. The highest BCUT2D eigenvalue weighted by atomic mass is 19.4. The van der Waals surface area contributed by atoms with Gasteiger partial charge in [0.2, 0.25) is 0 Å². The van der Waals surface area contributed by atoms with Gasteiger partial charge < -0.3 is 10.1 Å². The van der Waals surface area contributed by atoms with E-state index in [0.29, 0.717) is 30.3 Å². The normalized spacial score (nSPS) is 18.2. The zero-order chi connectivity index (χ0) is 23.3. The summed E-state index contributed by atoms with van der Waals surface area (Å²) in [6.45, 7) is 3.01. The summed E-state index contributed by atoms with van der Waals surface area (Å²) in [7, 11) is 1.59. The molecule has 0 aliphatic carbocycles. The molecule has 0 bridgehead atoms. The lowest BCUT2D eigenvalue weighted by molar-refractivity contribution is -0.137. The maximum absolute atomic E-state index is 14.2. The summed E-state index contributed by atoms with van der Waals surface area (Å²) in [6, 6.07) is 12.3. The average molecular weight is 455 g/mol. The minimum atomic E-state index is -4.47. The van der Waals surface area contributed by atoms with Crippen LogP contribution in [0.2, 0.25) is 0 Å². The fourth-order valence-electron chi connectivity index (χ4n) is 4.45. The Morgan fingerprint density at radius 3 is 2.55 bits per heavy atom. The van der Waals surface area contributed by atoms with Crippen LogP contribution >= 0.6 is 0 Å². The van der Waals surface area contributed by atoms with Crippen molar-refractivity contribution in [3.8, 4) is 11.1 Å². The van der Waals surface area contributed by atoms with Crippen LogP contribution in [0.25, 0.3) is 22.3 Å². The number of aliphatic imine (C=N–C) groups is 1. The Morgan fingerprint density at radius 2 is 1.85 bits per heavy atom. The maximum Gasteiger partial charge on any atom is 0.417 e. The van der Waals surface area contributed by atoms with Gasteiger partial charge >= 0.3 is 6.18 Å². The molecule has 0 radical (unpaired) electrons. The maximum atomic E-state index is 14.2. The molecule has 0 saturated carbocycles. The average Bonchev–Trinajstić information content (AvgIpc) is 3.37. The molecule has 0 unspecified atom stereocenters. The van der Waals surface area contributed by atoms with Crippen LogP contribution in [0.1, 0.15) is 36.0 Å². The van der Waals surface area contributed by atoms with E-state index in [0.717, 1.165) is 43.5 Å². The Morgan fingerprint density at radius 1 is 1.09 bits per heavy atom. The van der Waals surface area contributed by atoms with Crippen LogP contribution in [-0.2, 0) is 10.9 Å². The van der Waals surface area contributed by atoms with Gasteiger partial charge in [-0.1, -0.05) is 42.5 Å². The summed E-state index contributed by atoms with van der Waals surface area (Å²) in [5.74, 6) is 0.426. The van der Waals surface area contributed by atoms with Gasteiger partial charge in [-0.25, -0.2) is 0 Å². The second-order valence-corrected chi connectivity index (χ2v) is 8.54. The van der Waals surface area contributed by atoms with Crippen LogP contribution in [-0.4, -0.2) is 39.6 Å². The Labute approximate surface area is 193 Å². The van der Waals surface area contributed by atoms with Crippen molar-refractivity contribution in [2.24, 2.45) is 10.9 Å². The van der Waals surface area contributed by atoms with Gasteiger partial charge in [-0.15, -0.1) is 0 Å². The lowest BCUT2D eigenvalue weighted by Crippen LogP contribution is -2.15. The third kappa shape index (κ3) is 5.81. The molecule has 3 nitrogen and oxygen atoms in total. The molecule has 1 N–H and O–H groups in total. The molecule has 2 aliphatic rings. The van der Waals surface area contributed by atoms with Gasteiger partial charge in [0, 0.05) is 39.6 Å². The molecule has 0 amide bonds. The molecule has 2 aromatic rings. The third-order valence-electron chi connectivity index (χ3n) is 6.29. The Kier molecular flexibility index (Phi) is 7.46. The summed E-state index contributed by atoms with van der Waals surface area (Å²) in [5.41, 5.74) is 3.57. The van der Waals surface area contributed by atoms with E-state index in [1.54, 1.807) is 19.2 Å². The van der Waals surface area contributed by atoms with Crippen molar-refractivity contribution in [3.63, 3.8) is 0 Å². The topological polar surface area (TPSA) is 33.6 Å². The summed E-state index contributed by atoms with van der Waals surface area (Å²) in [6.07, 6.45) is 3.65. The van der Waals surface area contributed by atoms with E-state index in [1.165, 1.54) is 17.9 Å². The standard InChI is InChI=1S/C27H29F3N2O/c1-31-17-24(6-5-19-10-13-33-14-11-19)25-8-7-22(16-26(25)27(28,29)30)20-3-2-4-21(15-20)23-9-12-32-18-23/h2-4,6-9,15-17,19,32H,5,10-14,18H2,1H3/b24-6+,31-17?.